The van der Waals surface area contributed by atoms with Gasteiger partial charge in [0.25, 0.3) is 0 Å². The minimum Gasteiger partial charge on any atom is -0.329 e. The van der Waals surface area contributed by atoms with Gasteiger partial charge in [-0.3, -0.25) is 4.90 Å². The third-order valence-corrected chi connectivity index (χ3v) is 7.11. The second kappa shape index (κ2) is 4.73. The van der Waals surface area contributed by atoms with Gasteiger partial charge < -0.3 is 5.73 Å². The molecule has 1 saturated heterocycles. The third-order valence-electron chi connectivity index (χ3n) is 7.11. The molecule has 2 heteroatoms. The van der Waals surface area contributed by atoms with Crippen molar-refractivity contribution in [3.05, 3.63) is 0 Å². The van der Waals surface area contributed by atoms with Crippen LogP contribution in [0, 0.1) is 17.8 Å². The van der Waals surface area contributed by atoms with Crippen molar-refractivity contribution in [2.75, 3.05) is 13.1 Å². The average Bonchev–Trinajstić information content (AvgIpc) is 3.07. The average molecular weight is 262 g/mol. The molecule has 0 spiro atoms. The predicted molar refractivity (Wildman–Crippen MR) is 78.9 cm³/mol. The molecular weight excluding hydrogens is 232 g/mol. The van der Waals surface area contributed by atoms with Crippen molar-refractivity contribution in [2.24, 2.45) is 23.5 Å². The fraction of sp³-hybridized carbons (Fsp3) is 1.00. The summed E-state index contributed by atoms with van der Waals surface area (Å²) in [7, 11) is 0. The summed E-state index contributed by atoms with van der Waals surface area (Å²) in [5, 5.41) is 0. The van der Waals surface area contributed by atoms with Crippen molar-refractivity contribution in [2.45, 2.75) is 75.8 Å². The van der Waals surface area contributed by atoms with Crippen LogP contribution in [0.4, 0.5) is 0 Å². The van der Waals surface area contributed by atoms with Crippen LogP contribution in [0.15, 0.2) is 0 Å². The summed E-state index contributed by atoms with van der Waals surface area (Å²) in [6, 6.07) is 0.894. The topological polar surface area (TPSA) is 29.3 Å². The number of rotatable bonds is 2. The standard InChI is InChI=1S/C17H30N2/c18-12-17(11-13-7-8-15(17)10-13)19-9-3-5-14-4-1-2-6-16(14)19/h13-16H,1-12,18H2. The third kappa shape index (κ3) is 1.82. The van der Waals surface area contributed by atoms with Gasteiger partial charge in [0.2, 0.25) is 0 Å². The van der Waals surface area contributed by atoms with Crippen molar-refractivity contribution in [3.63, 3.8) is 0 Å². The highest BCUT2D eigenvalue weighted by molar-refractivity contribution is 5.10. The monoisotopic (exact) mass is 262 g/mol. The highest BCUT2D eigenvalue weighted by Crippen LogP contribution is 2.55. The Morgan fingerprint density at radius 1 is 1.00 bits per heavy atom. The first-order valence-corrected chi connectivity index (χ1v) is 8.80. The zero-order valence-electron chi connectivity index (χ0n) is 12.3. The molecule has 3 saturated carbocycles. The second-order valence-corrected chi connectivity index (χ2v) is 7.84. The lowest BCUT2D eigenvalue weighted by molar-refractivity contribution is -0.0520. The van der Waals surface area contributed by atoms with Gasteiger partial charge in [-0.15, -0.1) is 0 Å². The molecule has 4 aliphatic rings. The van der Waals surface area contributed by atoms with E-state index in [1.807, 2.05) is 0 Å². The van der Waals surface area contributed by atoms with Gasteiger partial charge in [-0.25, -0.2) is 0 Å². The van der Waals surface area contributed by atoms with E-state index in [1.165, 1.54) is 70.8 Å². The number of nitrogens with two attached hydrogens (primary N) is 1. The molecule has 0 aromatic carbocycles. The Bertz CT molecular complexity index is 340. The lowest BCUT2D eigenvalue weighted by Gasteiger charge is -2.55. The van der Waals surface area contributed by atoms with Gasteiger partial charge in [0.1, 0.15) is 0 Å². The fourth-order valence-corrected chi connectivity index (χ4v) is 6.31. The molecule has 108 valence electrons. The van der Waals surface area contributed by atoms with Gasteiger partial charge in [0.15, 0.2) is 0 Å². The summed E-state index contributed by atoms with van der Waals surface area (Å²) in [6.45, 7) is 2.28. The Morgan fingerprint density at radius 3 is 2.58 bits per heavy atom. The number of fused-ring (bicyclic) bond motifs is 3. The zero-order valence-corrected chi connectivity index (χ0v) is 12.3. The predicted octanol–water partition coefficient (Wildman–Crippen LogP) is 3.16. The second-order valence-electron chi connectivity index (χ2n) is 7.84. The Kier molecular flexibility index (Phi) is 3.15. The summed E-state index contributed by atoms with van der Waals surface area (Å²) >= 11 is 0. The number of nitrogens with zero attached hydrogens (tertiary/aromatic N) is 1. The van der Waals surface area contributed by atoms with E-state index in [4.69, 9.17) is 5.73 Å². The lowest BCUT2D eigenvalue weighted by Crippen LogP contribution is -2.64. The van der Waals surface area contributed by atoms with Crippen LogP contribution < -0.4 is 5.73 Å². The van der Waals surface area contributed by atoms with Crippen molar-refractivity contribution in [1.82, 2.24) is 4.90 Å². The molecular formula is C17H30N2. The van der Waals surface area contributed by atoms with E-state index in [9.17, 15) is 0 Å². The van der Waals surface area contributed by atoms with Crippen LogP contribution in [0.5, 0.6) is 0 Å². The van der Waals surface area contributed by atoms with E-state index < -0.39 is 0 Å². The van der Waals surface area contributed by atoms with Crippen LogP contribution in [0.2, 0.25) is 0 Å². The van der Waals surface area contributed by atoms with Crippen LogP contribution >= 0.6 is 0 Å². The van der Waals surface area contributed by atoms with Crippen molar-refractivity contribution in [1.29, 1.82) is 0 Å². The molecule has 0 aromatic heterocycles. The molecule has 0 amide bonds. The van der Waals surface area contributed by atoms with Gasteiger partial charge in [-0.1, -0.05) is 19.3 Å². The van der Waals surface area contributed by atoms with Crippen molar-refractivity contribution in [3.8, 4) is 0 Å². The minimum atomic E-state index is 0.420. The Morgan fingerprint density at radius 2 is 1.84 bits per heavy atom. The summed E-state index contributed by atoms with van der Waals surface area (Å²) < 4.78 is 0. The molecule has 2 nitrogen and oxygen atoms in total. The smallest absolute Gasteiger partial charge is 0.0365 e. The highest BCUT2D eigenvalue weighted by Gasteiger charge is 2.55. The Labute approximate surface area is 118 Å². The normalized spacial score (nSPS) is 50.4. The van der Waals surface area contributed by atoms with Crippen LogP contribution in [-0.2, 0) is 0 Å². The summed E-state index contributed by atoms with van der Waals surface area (Å²) in [6.07, 6.45) is 14.7. The van der Waals surface area contributed by atoms with E-state index in [0.29, 0.717) is 5.54 Å². The molecule has 2 bridgehead atoms. The van der Waals surface area contributed by atoms with E-state index in [-0.39, 0.29) is 0 Å². The van der Waals surface area contributed by atoms with E-state index in [2.05, 4.69) is 4.90 Å². The van der Waals surface area contributed by atoms with Crippen molar-refractivity contribution < 1.29 is 0 Å². The van der Waals surface area contributed by atoms with Crippen LogP contribution in [0.3, 0.4) is 0 Å². The molecule has 0 aromatic rings. The maximum absolute atomic E-state index is 6.37. The number of hydrogen-bond donors (Lipinski definition) is 1. The zero-order chi connectivity index (χ0) is 12.9. The van der Waals surface area contributed by atoms with Crippen molar-refractivity contribution >= 4 is 0 Å². The maximum atomic E-state index is 6.37. The Balaban J connectivity index is 1.62. The molecule has 5 atom stereocenters. The first-order chi connectivity index (χ1) is 9.33. The maximum Gasteiger partial charge on any atom is 0.0365 e. The summed E-state index contributed by atoms with van der Waals surface area (Å²) in [4.78, 5) is 2.96. The van der Waals surface area contributed by atoms with Gasteiger partial charge >= 0.3 is 0 Å². The quantitative estimate of drug-likeness (QED) is 0.828. The number of piperidine rings is 1. The molecule has 19 heavy (non-hydrogen) atoms. The molecule has 4 rings (SSSR count). The van der Waals surface area contributed by atoms with Gasteiger partial charge in [-0.05, 0) is 69.2 Å². The van der Waals surface area contributed by atoms with Gasteiger partial charge in [0.05, 0.1) is 0 Å². The molecule has 5 unspecified atom stereocenters. The number of likely N-dealkylation sites (tertiary alicyclic amines) is 1. The summed E-state index contributed by atoms with van der Waals surface area (Å²) in [5.74, 6) is 2.95. The highest BCUT2D eigenvalue weighted by atomic mass is 15.3. The summed E-state index contributed by atoms with van der Waals surface area (Å²) in [5.41, 5.74) is 6.79. The lowest BCUT2D eigenvalue weighted by atomic mass is 9.72. The van der Waals surface area contributed by atoms with E-state index in [0.717, 1.165) is 30.3 Å². The molecule has 3 aliphatic carbocycles. The molecule has 2 N–H and O–H groups in total. The largest absolute Gasteiger partial charge is 0.329 e. The molecule has 1 heterocycles. The van der Waals surface area contributed by atoms with E-state index in [1.54, 1.807) is 0 Å². The SMILES string of the molecule is NCC1(N2CCCC3CCCCC32)CC2CCC1C2. The van der Waals surface area contributed by atoms with E-state index >= 15 is 0 Å². The molecule has 1 aliphatic heterocycles. The minimum absolute atomic E-state index is 0.420. The first-order valence-electron chi connectivity index (χ1n) is 8.80. The van der Waals surface area contributed by atoms with Crippen LogP contribution in [0.25, 0.3) is 0 Å². The van der Waals surface area contributed by atoms with Gasteiger partial charge in [-0.2, -0.15) is 0 Å². The van der Waals surface area contributed by atoms with Crippen LogP contribution in [0.1, 0.15) is 64.2 Å². The molecule has 0 radical (unpaired) electrons. The van der Waals surface area contributed by atoms with Crippen LogP contribution in [-0.4, -0.2) is 29.6 Å². The van der Waals surface area contributed by atoms with Gasteiger partial charge in [0, 0.05) is 18.1 Å². The Hall–Kier alpha value is -0.0800. The fourth-order valence-electron chi connectivity index (χ4n) is 6.31. The first kappa shape index (κ1) is 12.6. The number of hydrogen-bond acceptors (Lipinski definition) is 2. The molecule has 4 fully saturated rings.